The summed E-state index contributed by atoms with van der Waals surface area (Å²) in [5.74, 6) is -0.416. The van der Waals surface area contributed by atoms with Gasteiger partial charge in [0.1, 0.15) is 0 Å². The summed E-state index contributed by atoms with van der Waals surface area (Å²) in [7, 11) is -2.00. The maximum absolute atomic E-state index is 12.8. The second-order valence-corrected chi connectivity index (χ2v) is 10.8. The zero-order chi connectivity index (χ0) is 22.8. The molecule has 1 aromatic heterocycles. The molecule has 1 heterocycles. The number of hydrogen-bond donors (Lipinski definition) is 0. The van der Waals surface area contributed by atoms with E-state index in [-0.39, 0.29) is 4.90 Å². The molecule has 0 bridgehead atoms. The molecule has 0 saturated carbocycles. The van der Waals surface area contributed by atoms with Crippen molar-refractivity contribution in [1.29, 1.82) is 0 Å². The van der Waals surface area contributed by atoms with E-state index in [0.717, 1.165) is 28.6 Å². The molecule has 0 aliphatic heterocycles. The van der Waals surface area contributed by atoms with Crippen LogP contribution in [0.3, 0.4) is 0 Å². The van der Waals surface area contributed by atoms with Crippen LogP contribution >= 0.6 is 22.9 Å². The summed E-state index contributed by atoms with van der Waals surface area (Å²) in [4.78, 5) is 17.9. The number of hydrogen-bond acceptors (Lipinski definition) is 4. The standard InChI is InChI=1S/C22H26ClN3O3S2/c1-5-7-12-25(4)31(28,29)18-10-8-16(9-11-18)21(27)24-22-26(6-2)20-15(3)13-17(23)14-19(20)30-22/h8-11,13-14H,5-7,12H2,1-4H3. The Morgan fingerprint density at radius 1 is 1.19 bits per heavy atom. The van der Waals surface area contributed by atoms with Crippen LogP contribution in [-0.2, 0) is 16.6 Å². The molecule has 0 aliphatic rings. The average molecular weight is 480 g/mol. The van der Waals surface area contributed by atoms with Crippen LogP contribution in [0.4, 0.5) is 0 Å². The van der Waals surface area contributed by atoms with E-state index in [0.29, 0.717) is 28.5 Å². The maximum atomic E-state index is 12.8. The van der Waals surface area contributed by atoms with Crippen molar-refractivity contribution in [3.63, 3.8) is 0 Å². The molecule has 6 nitrogen and oxygen atoms in total. The van der Waals surface area contributed by atoms with Crippen LogP contribution < -0.4 is 4.80 Å². The van der Waals surface area contributed by atoms with Crippen molar-refractivity contribution >= 4 is 49.1 Å². The zero-order valence-electron chi connectivity index (χ0n) is 18.1. The number of benzene rings is 2. The van der Waals surface area contributed by atoms with Crippen LogP contribution in [0.15, 0.2) is 46.3 Å². The second-order valence-electron chi connectivity index (χ2n) is 7.32. The lowest BCUT2D eigenvalue weighted by atomic mass is 10.2. The lowest BCUT2D eigenvalue weighted by Gasteiger charge is -2.16. The molecule has 0 spiro atoms. The molecule has 3 aromatic rings. The van der Waals surface area contributed by atoms with Crippen LogP contribution in [0.5, 0.6) is 0 Å². The highest BCUT2D eigenvalue weighted by molar-refractivity contribution is 7.89. The number of rotatable bonds is 7. The summed E-state index contributed by atoms with van der Waals surface area (Å²) >= 11 is 7.59. The second kappa shape index (κ2) is 9.65. The molecule has 0 atom stereocenters. The molecule has 0 unspecified atom stereocenters. The van der Waals surface area contributed by atoms with Crippen LogP contribution in [0.2, 0.25) is 5.02 Å². The predicted octanol–water partition coefficient (Wildman–Crippen LogP) is 4.85. The number of halogens is 1. The van der Waals surface area contributed by atoms with Gasteiger partial charge in [-0.05, 0) is 62.2 Å². The number of aromatic nitrogens is 1. The van der Waals surface area contributed by atoms with Crippen molar-refractivity contribution in [2.24, 2.45) is 4.99 Å². The van der Waals surface area contributed by atoms with Crippen molar-refractivity contribution in [2.45, 2.75) is 45.1 Å². The van der Waals surface area contributed by atoms with Crippen molar-refractivity contribution in [2.75, 3.05) is 13.6 Å². The molecule has 1 amide bonds. The van der Waals surface area contributed by atoms with E-state index in [1.165, 1.54) is 39.9 Å². The molecule has 0 radical (unpaired) electrons. The number of carbonyl (C=O) groups is 1. The van der Waals surface area contributed by atoms with Gasteiger partial charge in [-0.1, -0.05) is 36.3 Å². The van der Waals surface area contributed by atoms with E-state index in [1.54, 1.807) is 7.05 Å². The van der Waals surface area contributed by atoms with E-state index in [4.69, 9.17) is 11.6 Å². The topological polar surface area (TPSA) is 71.7 Å². The van der Waals surface area contributed by atoms with E-state index in [9.17, 15) is 13.2 Å². The Morgan fingerprint density at radius 2 is 1.87 bits per heavy atom. The first-order chi connectivity index (χ1) is 14.7. The molecule has 2 aromatic carbocycles. The maximum Gasteiger partial charge on any atom is 0.279 e. The van der Waals surface area contributed by atoms with Gasteiger partial charge in [0.2, 0.25) is 10.0 Å². The van der Waals surface area contributed by atoms with Crippen molar-refractivity contribution in [1.82, 2.24) is 8.87 Å². The van der Waals surface area contributed by atoms with Gasteiger partial charge in [0, 0.05) is 30.7 Å². The Hall–Kier alpha value is -2.00. The minimum Gasteiger partial charge on any atom is -0.316 e. The fourth-order valence-corrected chi connectivity index (χ4v) is 6.11. The SMILES string of the molecule is CCCCN(C)S(=O)(=O)c1ccc(C(=O)N=c2sc3cc(Cl)cc(C)c3n2CC)cc1. The van der Waals surface area contributed by atoms with Gasteiger partial charge >= 0.3 is 0 Å². The van der Waals surface area contributed by atoms with Crippen molar-refractivity contribution < 1.29 is 13.2 Å². The van der Waals surface area contributed by atoms with E-state index < -0.39 is 15.9 Å². The quantitative estimate of drug-likeness (QED) is 0.486. The van der Waals surface area contributed by atoms with Gasteiger partial charge in [-0.3, -0.25) is 4.79 Å². The highest BCUT2D eigenvalue weighted by Gasteiger charge is 2.20. The third kappa shape index (κ3) is 4.92. The first-order valence-corrected chi connectivity index (χ1v) is 12.8. The molecule has 0 aliphatic carbocycles. The summed E-state index contributed by atoms with van der Waals surface area (Å²) in [6.45, 7) is 7.12. The summed E-state index contributed by atoms with van der Waals surface area (Å²) < 4.78 is 29.6. The van der Waals surface area contributed by atoms with Crippen molar-refractivity contribution in [3.8, 4) is 0 Å². The van der Waals surface area contributed by atoms with Gasteiger partial charge in [0.05, 0.1) is 15.1 Å². The fourth-order valence-electron chi connectivity index (χ4n) is 3.36. The molecule has 3 rings (SSSR count). The number of aryl methyl sites for hydroxylation is 2. The number of unbranched alkanes of at least 4 members (excludes halogenated alkanes) is 1. The van der Waals surface area contributed by atoms with E-state index in [2.05, 4.69) is 4.99 Å². The molecule has 0 saturated heterocycles. The first kappa shape index (κ1) is 23.7. The number of amides is 1. The Balaban J connectivity index is 1.94. The third-order valence-corrected chi connectivity index (χ3v) is 8.20. The van der Waals surface area contributed by atoms with Gasteiger partial charge in [-0.15, -0.1) is 0 Å². The molecule has 0 N–H and O–H groups in total. The molecular weight excluding hydrogens is 454 g/mol. The summed E-state index contributed by atoms with van der Waals surface area (Å²) in [6.07, 6.45) is 1.71. The Bertz CT molecular complexity index is 1280. The monoisotopic (exact) mass is 479 g/mol. The molecule has 166 valence electrons. The Morgan fingerprint density at radius 3 is 2.48 bits per heavy atom. The molecule has 0 fully saturated rings. The molecule has 31 heavy (non-hydrogen) atoms. The van der Waals surface area contributed by atoms with Crippen LogP contribution in [0.1, 0.15) is 42.6 Å². The van der Waals surface area contributed by atoms with Gasteiger partial charge in [-0.2, -0.15) is 4.99 Å². The molecule has 9 heteroatoms. The molecular formula is C22H26ClN3O3S2. The third-order valence-electron chi connectivity index (χ3n) is 5.08. The summed E-state index contributed by atoms with van der Waals surface area (Å²) in [6, 6.07) is 9.71. The number of nitrogens with zero attached hydrogens (tertiary/aromatic N) is 3. The van der Waals surface area contributed by atoms with Crippen LogP contribution in [0.25, 0.3) is 10.2 Å². The lowest BCUT2D eigenvalue weighted by Crippen LogP contribution is -2.27. The number of carbonyl (C=O) groups excluding carboxylic acids is 1. The zero-order valence-corrected chi connectivity index (χ0v) is 20.4. The lowest BCUT2D eigenvalue weighted by molar-refractivity contribution is 0.0997. The van der Waals surface area contributed by atoms with Gasteiger partial charge in [0.25, 0.3) is 5.91 Å². The number of sulfonamides is 1. The normalized spacial score (nSPS) is 12.8. The highest BCUT2D eigenvalue weighted by Crippen LogP contribution is 2.26. The van der Waals surface area contributed by atoms with Crippen LogP contribution in [-0.4, -0.2) is 36.8 Å². The minimum absolute atomic E-state index is 0.165. The van der Waals surface area contributed by atoms with E-state index >= 15 is 0 Å². The largest absolute Gasteiger partial charge is 0.316 e. The van der Waals surface area contributed by atoms with Gasteiger partial charge in [0.15, 0.2) is 4.80 Å². The highest BCUT2D eigenvalue weighted by atomic mass is 35.5. The fraction of sp³-hybridized carbons (Fsp3) is 0.364. The number of thiazole rings is 1. The van der Waals surface area contributed by atoms with Gasteiger partial charge in [-0.25, -0.2) is 12.7 Å². The van der Waals surface area contributed by atoms with Gasteiger partial charge < -0.3 is 4.57 Å². The minimum atomic E-state index is -3.57. The predicted molar refractivity (Wildman–Crippen MR) is 126 cm³/mol. The van der Waals surface area contributed by atoms with Crippen LogP contribution in [0, 0.1) is 6.92 Å². The Kier molecular flexibility index (Phi) is 7.36. The summed E-state index contributed by atoms with van der Waals surface area (Å²) in [5.41, 5.74) is 2.38. The average Bonchev–Trinajstić information content (AvgIpc) is 3.08. The first-order valence-electron chi connectivity index (χ1n) is 10.1. The smallest absolute Gasteiger partial charge is 0.279 e. The summed E-state index contributed by atoms with van der Waals surface area (Å²) in [5, 5.41) is 0.646. The van der Waals surface area contributed by atoms with E-state index in [1.807, 2.05) is 37.5 Å². The Labute approximate surface area is 191 Å². The van der Waals surface area contributed by atoms with Crippen molar-refractivity contribution in [3.05, 3.63) is 57.3 Å². The number of fused-ring (bicyclic) bond motifs is 1.